The third-order valence-corrected chi connectivity index (χ3v) is 3.08. The van der Waals surface area contributed by atoms with Crippen molar-refractivity contribution in [1.82, 2.24) is 14.8 Å². The zero-order valence-electron chi connectivity index (χ0n) is 9.75. The van der Waals surface area contributed by atoms with Gasteiger partial charge in [-0.05, 0) is 18.1 Å². The van der Waals surface area contributed by atoms with Gasteiger partial charge < -0.3 is 10.0 Å². The Hall–Kier alpha value is -1.62. The van der Waals surface area contributed by atoms with E-state index in [0.29, 0.717) is 13.1 Å². The average Bonchev–Trinajstić information content (AvgIpc) is 2.38. The predicted octanol–water partition coefficient (Wildman–Crippen LogP) is 0.920. The maximum atomic E-state index is 10.7. The Kier molecular flexibility index (Phi) is 3.93. The molecule has 0 aliphatic carbocycles. The maximum absolute atomic E-state index is 10.7. The van der Waals surface area contributed by atoms with E-state index in [9.17, 15) is 4.79 Å². The van der Waals surface area contributed by atoms with Crippen molar-refractivity contribution in [1.29, 1.82) is 0 Å². The molecular formula is C12H17N3O2. The number of hydrogen-bond donors (Lipinski definition) is 1. The molecule has 2 rings (SSSR count). The molecule has 1 aromatic rings. The molecule has 92 valence electrons. The van der Waals surface area contributed by atoms with Crippen LogP contribution in [-0.4, -0.2) is 58.7 Å². The lowest BCUT2D eigenvalue weighted by Crippen LogP contribution is -2.48. The van der Waals surface area contributed by atoms with E-state index >= 15 is 0 Å². The molecule has 0 saturated carbocycles. The van der Waals surface area contributed by atoms with Gasteiger partial charge in [-0.3, -0.25) is 9.88 Å². The van der Waals surface area contributed by atoms with Gasteiger partial charge in [-0.15, -0.1) is 0 Å². The second kappa shape index (κ2) is 5.63. The van der Waals surface area contributed by atoms with Crippen molar-refractivity contribution < 1.29 is 9.90 Å². The third kappa shape index (κ3) is 3.42. The number of rotatable bonds is 3. The Morgan fingerprint density at radius 1 is 1.35 bits per heavy atom. The highest BCUT2D eigenvalue weighted by molar-refractivity contribution is 5.65. The van der Waals surface area contributed by atoms with Gasteiger partial charge in [0.25, 0.3) is 0 Å². The first-order valence-corrected chi connectivity index (χ1v) is 5.85. The van der Waals surface area contributed by atoms with Crippen molar-refractivity contribution in [2.45, 2.75) is 6.42 Å². The molecule has 1 fully saturated rings. The Bertz CT molecular complexity index is 361. The molecule has 1 aliphatic heterocycles. The van der Waals surface area contributed by atoms with Gasteiger partial charge in [0.05, 0.1) is 0 Å². The fourth-order valence-corrected chi connectivity index (χ4v) is 2.00. The molecule has 0 radical (unpaired) electrons. The number of pyridine rings is 1. The summed E-state index contributed by atoms with van der Waals surface area (Å²) in [5.74, 6) is 0. The van der Waals surface area contributed by atoms with E-state index < -0.39 is 6.09 Å². The molecule has 0 bridgehead atoms. The molecule has 0 atom stereocenters. The monoisotopic (exact) mass is 235 g/mol. The highest BCUT2D eigenvalue weighted by Crippen LogP contribution is 2.04. The summed E-state index contributed by atoms with van der Waals surface area (Å²) in [6, 6.07) is 4.01. The molecule has 1 aromatic heterocycles. The largest absolute Gasteiger partial charge is 0.465 e. The highest BCUT2D eigenvalue weighted by Gasteiger charge is 2.19. The van der Waals surface area contributed by atoms with Gasteiger partial charge in [-0.1, -0.05) is 6.07 Å². The van der Waals surface area contributed by atoms with Crippen molar-refractivity contribution in [2.75, 3.05) is 32.7 Å². The number of carbonyl (C=O) groups is 1. The molecule has 0 aromatic carbocycles. The van der Waals surface area contributed by atoms with Gasteiger partial charge in [0, 0.05) is 45.1 Å². The number of amides is 1. The molecule has 17 heavy (non-hydrogen) atoms. The normalized spacial score (nSPS) is 17.1. The molecule has 1 aliphatic rings. The van der Waals surface area contributed by atoms with E-state index in [2.05, 4.69) is 16.0 Å². The fourth-order valence-electron chi connectivity index (χ4n) is 2.00. The SMILES string of the molecule is O=C(O)N1CCN(CCc2cccnc2)CC1. The van der Waals surface area contributed by atoms with Crippen LogP contribution in [-0.2, 0) is 6.42 Å². The summed E-state index contributed by atoms with van der Waals surface area (Å²) in [5, 5.41) is 8.83. The van der Waals surface area contributed by atoms with Crippen LogP contribution in [0.3, 0.4) is 0 Å². The van der Waals surface area contributed by atoms with Gasteiger partial charge in [-0.25, -0.2) is 4.79 Å². The van der Waals surface area contributed by atoms with E-state index in [0.717, 1.165) is 26.1 Å². The Balaban J connectivity index is 1.74. The molecule has 2 heterocycles. The first-order chi connectivity index (χ1) is 8.25. The molecule has 1 saturated heterocycles. The Morgan fingerprint density at radius 2 is 2.12 bits per heavy atom. The summed E-state index contributed by atoms with van der Waals surface area (Å²) in [6.45, 7) is 3.85. The van der Waals surface area contributed by atoms with E-state index in [4.69, 9.17) is 5.11 Å². The van der Waals surface area contributed by atoms with Crippen molar-refractivity contribution in [3.63, 3.8) is 0 Å². The number of hydrogen-bond acceptors (Lipinski definition) is 3. The summed E-state index contributed by atoms with van der Waals surface area (Å²) < 4.78 is 0. The van der Waals surface area contributed by atoms with Crippen molar-refractivity contribution >= 4 is 6.09 Å². The quantitative estimate of drug-likeness (QED) is 0.846. The molecule has 1 amide bonds. The lowest BCUT2D eigenvalue weighted by molar-refractivity contribution is 0.106. The standard InChI is InChI=1S/C12H17N3O2/c16-12(17)15-8-6-14(7-9-15)5-3-11-2-1-4-13-10-11/h1-2,4,10H,3,5-9H2,(H,16,17). The van der Waals surface area contributed by atoms with Crippen molar-refractivity contribution in [3.8, 4) is 0 Å². The Labute approximate surface area is 101 Å². The second-order valence-corrected chi connectivity index (χ2v) is 4.22. The Morgan fingerprint density at radius 3 is 2.71 bits per heavy atom. The van der Waals surface area contributed by atoms with Crippen LogP contribution in [0.1, 0.15) is 5.56 Å². The van der Waals surface area contributed by atoms with Gasteiger partial charge in [-0.2, -0.15) is 0 Å². The van der Waals surface area contributed by atoms with Crippen LogP contribution in [0.5, 0.6) is 0 Å². The predicted molar refractivity (Wildman–Crippen MR) is 64.0 cm³/mol. The molecular weight excluding hydrogens is 218 g/mol. The summed E-state index contributed by atoms with van der Waals surface area (Å²) in [7, 11) is 0. The first-order valence-electron chi connectivity index (χ1n) is 5.85. The molecule has 0 spiro atoms. The molecule has 5 nitrogen and oxygen atoms in total. The molecule has 0 unspecified atom stereocenters. The van der Waals surface area contributed by atoms with Crippen LogP contribution >= 0.6 is 0 Å². The lowest BCUT2D eigenvalue weighted by atomic mass is 10.2. The van der Waals surface area contributed by atoms with Gasteiger partial charge in [0.1, 0.15) is 0 Å². The fraction of sp³-hybridized carbons (Fsp3) is 0.500. The minimum Gasteiger partial charge on any atom is -0.465 e. The van der Waals surface area contributed by atoms with E-state index in [1.165, 1.54) is 10.5 Å². The second-order valence-electron chi connectivity index (χ2n) is 4.22. The molecule has 5 heteroatoms. The number of nitrogens with zero attached hydrogens (tertiary/aromatic N) is 3. The summed E-state index contributed by atoms with van der Waals surface area (Å²) >= 11 is 0. The smallest absolute Gasteiger partial charge is 0.407 e. The van der Waals surface area contributed by atoms with Crippen LogP contribution in [0.4, 0.5) is 4.79 Å². The van der Waals surface area contributed by atoms with Gasteiger partial charge in [0.2, 0.25) is 0 Å². The zero-order valence-corrected chi connectivity index (χ0v) is 9.75. The first kappa shape index (κ1) is 11.9. The van der Waals surface area contributed by atoms with Crippen LogP contribution in [0.15, 0.2) is 24.5 Å². The summed E-state index contributed by atoms with van der Waals surface area (Å²) in [5.41, 5.74) is 1.23. The lowest BCUT2D eigenvalue weighted by Gasteiger charge is -2.32. The van der Waals surface area contributed by atoms with Gasteiger partial charge in [0.15, 0.2) is 0 Å². The third-order valence-electron chi connectivity index (χ3n) is 3.08. The zero-order chi connectivity index (χ0) is 12.1. The maximum Gasteiger partial charge on any atom is 0.407 e. The summed E-state index contributed by atoms with van der Waals surface area (Å²) in [4.78, 5) is 18.6. The van der Waals surface area contributed by atoms with Crippen LogP contribution in [0, 0.1) is 0 Å². The molecule has 1 N–H and O–H groups in total. The number of piperazine rings is 1. The highest BCUT2D eigenvalue weighted by atomic mass is 16.4. The van der Waals surface area contributed by atoms with E-state index in [-0.39, 0.29) is 0 Å². The van der Waals surface area contributed by atoms with E-state index in [1.54, 1.807) is 6.20 Å². The minimum absolute atomic E-state index is 0.613. The summed E-state index contributed by atoms with van der Waals surface area (Å²) in [6.07, 6.45) is 3.82. The number of aromatic nitrogens is 1. The van der Waals surface area contributed by atoms with Crippen LogP contribution < -0.4 is 0 Å². The number of carboxylic acid groups (broad SMARTS) is 1. The van der Waals surface area contributed by atoms with E-state index in [1.807, 2.05) is 12.3 Å². The van der Waals surface area contributed by atoms with Crippen LogP contribution in [0.25, 0.3) is 0 Å². The minimum atomic E-state index is -0.808. The van der Waals surface area contributed by atoms with Crippen LogP contribution in [0.2, 0.25) is 0 Å². The van der Waals surface area contributed by atoms with Crippen molar-refractivity contribution in [2.24, 2.45) is 0 Å². The van der Waals surface area contributed by atoms with Gasteiger partial charge >= 0.3 is 6.09 Å². The topological polar surface area (TPSA) is 56.7 Å². The van der Waals surface area contributed by atoms with Crippen molar-refractivity contribution in [3.05, 3.63) is 30.1 Å². The average molecular weight is 235 g/mol.